The van der Waals surface area contributed by atoms with E-state index >= 15 is 0 Å². The Hall–Kier alpha value is -1.83. The van der Waals surface area contributed by atoms with Crippen LogP contribution >= 0.6 is 0 Å². The van der Waals surface area contributed by atoms with Gasteiger partial charge >= 0.3 is 0 Å². The predicted octanol–water partition coefficient (Wildman–Crippen LogP) is 10.00. The van der Waals surface area contributed by atoms with Crippen molar-refractivity contribution in [3.05, 3.63) is 58.4 Å². The fourth-order valence-corrected chi connectivity index (χ4v) is 5.38. The Morgan fingerprint density at radius 3 is 2.37 bits per heavy atom. The van der Waals surface area contributed by atoms with Gasteiger partial charge in [-0.25, -0.2) is 0 Å². The maximum Gasteiger partial charge on any atom is 0.0908 e. The highest BCUT2D eigenvalue weighted by Crippen LogP contribution is 2.47. The second-order valence-corrected chi connectivity index (χ2v) is 11.1. The van der Waals surface area contributed by atoms with Crippen molar-refractivity contribution in [3.63, 3.8) is 0 Å². The Morgan fingerprint density at radius 2 is 1.77 bits per heavy atom. The Balaban J connectivity index is 0.000000231. The molecule has 2 aromatic rings. The molecule has 1 aromatic heterocycles. The van der Waals surface area contributed by atoms with Gasteiger partial charge in [-0.1, -0.05) is 85.1 Å². The van der Waals surface area contributed by atoms with Crippen molar-refractivity contribution in [2.75, 3.05) is 0 Å². The lowest BCUT2D eigenvalue weighted by Crippen LogP contribution is -2.12. The fourth-order valence-electron chi connectivity index (χ4n) is 5.38. The number of allylic oxidation sites excluding steroid dienone is 1. The minimum Gasteiger partial charge on any atom is -0.268 e. The van der Waals surface area contributed by atoms with Gasteiger partial charge in [0.2, 0.25) is 0 Å². The summed E-state index contributed by atoms with van der Waals surface area (Å²) in [5, 5.41) is 4.77. The van der Waals surface area contributed by atoms with E-state index in [0.717, 1.165) is 18.0 Å². The van der Waals surface area contributed by atoms with Crippen LogP contribution in [0.1, 0.15) is 139 Å². The first-order valence-corrected chi connectivity index (χ1v) is 14.6. The van der Waals surface area contributed by atoms with Crippen molar-refractivity contribution >= 4 is 5.57 Å². The highest BCUT2D eigenvalue weighted by molar-refractivity contribution is 5.62. The molecule has 0 bridgehead atoms. The molecule has 4 rings (SSSR count). The van der Waals surface area contributed by atoms with Gasteiger partial charge in [0, 0.05) is 17.8 Å². The van der Waals surface area contributed by atoms with Crippen molar-refractivity contribution < 1.29 is 0 Å². The molecule has 0 N–H and O–H groups in total. The molecule has 1 saturated carbocycles. The molecule has 0 amide bonds. The summed E-state index contributed by atoms with van der Waals surface area (Å²) in [7, 11) is 0. The third-order valence-electron chi connectivity index (χ3n) is 7.93. The maximum absolute atomic E-state index is 4.77. The third kappa shape index (κ3) is 8.09. The number of aromatic nitrogens is 2. The Labute approximate surface area is 217 Å². The van der Waals surface area contributed by atoms with E-state index in [-0.39, 0.29) is 0 Å². The number of benzene rings is 1. The minimum absolute atomic E-state index is 0.536. The van der Waals surface area contributed by atoms with Gasteiger partial charge in [-0.2, -0.15) is 5.10 Å². The summed E-state index contributed by atoms with van der Waals surface area (Å²) in [5.41, 5.74) is 10.4. The quantitative estimate of drug-likeness (QED) is 0.311. The van der Waals surface area contributed by atoms with E-state index in [0.29, 0.717) is 5.41 Å². The average molecular weight is 479 g/mol. The molecule has 2 aliphatic rings. The first kappa shape index (κ1) is 29.4. The molecule has 2 aliphatic carbocycles. The van der Waals surface area contributed by atoms with E-state index in [1.165, 1.54) is 98.7 Å². The van der Waals surface area contributed by atoms with Crippen molar-refractivity contribution in [1.82, 2.24) is 9.78 Å². The van der Waals surface area contributed by atoms with Crippen molar-refractivity contribution in [1.29, 1.82) is 0 Å². The van der Waals surface area contributed by atoms with Gasteiger partial charge in [0.05, 0.1) is 5.69 Å². The monoisotopic (exact) mass is 478 g/mol. The van der Waals surface area contributed by atoms with Gasteiger partial charge in [0.25, 0.3) is 0 Å². The number of nitrogens with zero attached hydrogens (tertiary/aromatic N) is 2. The molecule has 0 spiro atoms. The first-order chi connectivity index (χ1) is 16.8. The van der Waals surface area contributed by atoms with E-state index in [4.69, 9.17) is 5.10 Å². The second kappa shape index (κ2) is 14.0. The Kier molecular flexibility index (Phi) is 11.8. The van der Waals surface area contributed by atoms with E-state index in [1.54, 1.807) is 5.56 Å². The van der Waals surface area contributed by atoms with Gasteiger partial charge in [0.1, 0.15) is 0 Å². The van der Waals surface area contributed by atoms with E-state index < -0.39 is 0 Å². The lowest BCUT2D eigenvalue weighted by Gasteiger charge is -2.20. The van der Waals surface area contributed by atoms with Crippen LogP contribution in [0.3, 0.4) is 0 Å². The van der Waals surface area contributed by atoms with Crippen molar-refractivity contribution in [2.45, 2.75) is 138 Å². The number of fused-ring (bicyclic) bond motifs is 1. The fraction of sp³-hybridized carbons (Fsp3) is 0.667. The predicted molar refractivity (Wildman–Crippen MR) is 155 cm³/mol. The van der Waals surface area contributed by atoms with Crippen LogP contribution in [0.15, 0.2) is 24.8 Å². The molecule has 1 heterocycles. The normalized spacial score (nSPS) is 15.9. The van der Waals surface area contributed by atoms with Gasteiger partial charge in [-0.3, -0.25) is 4.68 Å². The van der Waals surface area contributed by atoms with Gasteiger partial charge in [-0.15, -0.1) is 0 Å². The van der Waals surface area contributed by atoms with Crippen LogP contribution in [-0.4, -0.2) is 9.78 Å². The summed E-state index contributed by atoms with van der Waals surface area (Å²) in [6.07, 6.45) is 14.5. The smallest absolute Gasteiger partial charge is 0.0908 e. The Morgan fingerprint density at radius 1 is 1.06 bits per heavy atom. The molecule has 35 heavy (non-hydrogen) atoms. The van der Waals surface area contributed by atoms with Gasteiger partial charge < -0.3 is 0 Å². The molecule has 1 unspecified atom stereocenters. The largest absolute Gasteiger partial charge is 0.268 e. The summed E-state index contributed by atoms with van der Waals surface area (Å²) in [6, 6.07) is 6.79. The molecular formula is C33H54N2. The van der Waals surface area contributed by atoms with Crippen molar-refractivity contribution in [2.24, 2.45) is 5.41 Å². The highest BCUT2D eigenvalue weighted by atomic mass is 15.3. The van der Waals surface area contributed by atoms with Crippen LogP contribution in [0.25, 0.3) is 5.57 Å². The highest BCUT2D eigenvalue weighted by Gasteiger charge is 2.39. The molecule has 1 atom stereocenters. The SMILES string of the molecule is C=C(C)c1nn(CC2(C)CC2)c2c1CCC2.CC.CCCCCC(CCC)c1cccc(C)c1C. The summed E-state index contributed by atoms with van der Waals surface area (Å²) >= 11 is 0. The van der Waals surface area contributed by atoms with Crippen LogP contribution in [-0.2, 0) is 19.4 Å². The summed E-state index contributed by atoms with van der Waals surface area (Å²) in [5.74, 6) is 0.784. The van der Waals surface area contributed by atoms with E-state index in [1.807, 2.05) is 13.8 Å². The zero-order chi connectivity index (χ0) is 26.0. The molecule has 1 aromatic carbocycles. The molecule has 2 heteroatoms. The second-order valence-electron chi connectivity index (χ2n) is 11.1. The molecule has 2 nitrogen and oxygen atoms in total. The van der Waals surface area contributed by atoms with Crippen LogP contribution in [0.4, 0.5) is 0 Å². The standard InChI is InChI=1S/C17H28.C14H20N2.C2H6/c1-5-7-8-12-16(10-6-2)17-13-9-11-14(3)15(17)4;1-10(2)13-11-5-4-6-12(11)16(15-13)9-14(3)7-8-14;1-2/h9,11,13,16H,5-8,10,12H2,1-4H3;1,4-9H2,2-3H3;1-2H3. The van der Waals surface area contributed by atoms with Crippen LogP contribution in [0.5, 0.6) is 0 Å². The first-order valence-electron chi connectivity index (χ1n) is 14.6. The summed E-state index contributed by atoms with van der Waals surface area (Å²) in [6.45, 7) is 22.7. The van der Waals surface area contributed by atoms with Crippen LogP contribution in [0.2, 0.25) is 0 Å². The number of rotatable bonds is 10. The average Bonchev–Trinajstić information content (AvgIpc) is 3.22. The molecule has 196 valence electrons. The Bertz CT molecular complexity index is 929. The topological polar surface area (TPSA) is 17.8 Å². The maximum atomic E-state index is 4.77. The van der Waals surface area contributed by atoms with Crippen LogP contribution in [0, 0.1) is 19.3 Å². The van der Waals surface area contributed by atoms with Crippen LogP contribution < -0.4 is 0 Å². The van der Waals surface area contributed by atoms with E-state index in [2.05, 4.69) is 71.0 Å². The lowest BCUT2D eigenvalue weighted by molar-refractivity contribution is 0.421. The van der Waals surface area contributed by atoms with Crippen molar-refractivity contribution in [3.8, 4) is 0 Å². The molecule has 0 aliphatic heterocycles. The van der Waals surface area contributed by atoms with Gasteiger partial charge in [0.15, 0.2) is 0 Å². The molecule has 0 radical (unpaired) electrons. The number of hydrogen-bond acceptors (Lipinski definition) is 1. The summed E-state index contributed by atoms with van der Waals surface area (Å²) in [4.78, 5) is 0. The number of hydrogen-bond donors (Lipinski definition) is 0. The molecule has 1 fully saturated rings. The molecular weight excluding hydrogens is 424 g/mol. The van der Waals surface area contributed by atoms with Gasteiger partial charge in [-0.05, 0) is 99.3 Å². The minimum atomic E-state index is 0.536. The molecule has 0 saturated heterocycles. The third-order valence-corrected chi connectivity index (χ3v) is 7.93. The zero-order valence-electron chi connectivity index (χ0n) is 24.4. The number of unbranched alkanes of at least 4 members (excludes halogenated alkanes) is 2. The zero-order valence-corrected chi connectivity index (χ0v) is 24.4. The lowest BCUT2D eigenvalue weighted by atomic mass is 9.85. The summed E-state index contributed by atoms with van der Waals surface area (Å²) < 4.78 is 2.28. The number of aryl methyl sites for hydroxylation is 1. The van der Waals surface area contributed by atoms with E-state index in [9.17, 15) is 0 Å².